The maximum atomic E-state index is 8.96. The van der Waals surface area contributed by atoms with Crippen LogP contribution in [0.1, 0.15) is 11.1 Å². The van der Waals surface area contributed by atoms with Crippen molar-refractivity contribution in [2.24, 2.45) is 0 Å². The Morgan fingerprint density at radius 1 is 1.27 bits per heavy atom. The second-order valence-corrected chi connectivity index (χ2v) is 3.38. The number of hydrogen-bond acceptors (Lipinski definition) is 3. The molecule has 0 saturated heterocycles. The second-order valence-electron chi connectivity index (χ2n) is 3.38. The highest BCUT2D eigenvalue weighted by molar-refractivity contribution is 5.36. The third-order valence-corrected chi connectivity index (χ3v) is 2.23. The lowest BCUT2D eigenvalue weighted by Gasteiger charge is -2.00. The van der Waals surface area contributed by atoms with Crippen LogP contribution in [-0.2, 0) is 13.2 Å². The highest BCUT2D eigenvalue weighted by Gasteiger charge is 2.04. The van der Waals surface area contributed by atoms with Crippen LogP contribution in [0.2, 0.25) is 0 Å². The van der Waals surface area contributed by atoms with Gasteiger partial charge in [0.05, 0.1) is 13.2 Å². The Hall–Kier alpha value is -1.81. The predicted octanol–water partition coefficient (Wildman–Crippen LogP) is 1.01. The number of benzene rings is 1. The van der Waals surface area contributed by atoms with Crippen molar-refractivity contribution in [2.75, 3.05) is 5.73 Å². The highest BCUT2D eigenvalue weighted by atomic mass is 16.3. The molecule has 0 amide bonds. The Morgan fingerprint density at radius 2 is 2.00 bits per heavy atom. The monoisotopic (exact) mass is 203 g/mol. The van der Waals surface area contributed by atoms with Crippen LogP contribution in [0.3, 0.4) is 0 Å². The third kappa shape index (κ3) is 2.16. The van der Waals surface area contributed by atoms with Crippen LogP contribution in [0, 0.1) is 0 Å². The van der Waals surface area contributed by atoms with E-state index >= 15 is 0 Å². The summed E-state index contributed by atoms with van der Waals surface area (Å²) in [5.41, 5.74) is 7.44. The van der Waals surface area contributed by atoms with Crippen molar-refractivity contribution >= 4 is 5.82 Å². The molecule has 3 N–H and O–H groups in total. The molecule has 2 aromatic rings. The van der Waals surface area contributed by atoms with Crippen molar-refractivity contribution in [1.29, 1.82) is 0 Å². The summed E-state index contributed by atoms with van der Waals surface area (Å²) in [5, 5.41) is 13.1. The molecule has 0 fully saturated rings. The summed E-state index contributed by atoms with van der Waals surface area (Å²) in [6.45, 7) is 0.603. The van der Waals surface area contributed by atoms with Crippen molar-refractivity contribution in [3.63, 3.8) is 0 Å². The van der Waals surface area contributed by atoms with E-state index in [4.69, 9.17) is 10.8 Å². The summed E-state index contributed by atoms with van der Waals surface area (Å²) in [7, 11) is 0. The van der Waals surface area contributed by atoms with Crippen molar-refractivity contribution in [1.82, 2.24) is 9.78 Å². The van der Waals surface area contributed by atoms with Crippen LogP contribution in [-0.4, -0.2) is 14.9 Å². The predicted molar refractivity (Wildman–Crippen MR) is 58.1 cm³/mol. The molecule has 2 rings (SSSR count). The van der Waals surface area contributed by atoms with Gasteiger partial charge in [-0.05, 0) is 5.56 Å². The summed E-state index contributed by atoms with van der Waals surface area (Å²) in [4.78, 5) is 0. The SMILES string of the molecule is Nc1nn(Cc2ccccc2)cc1CO. The van der Waals surface area contributed by atoms with Gasteiger partial charge in [-0.25, -0.2) is 0 Å². The lowest BCUT2D eigenvalue weighted by Crippen LogP contribution is -2.00. The van der Waals surface area contributed by atoms with Gasteiger partial charge < -0.3 is 10.8 Å². The maximum Gasteiger partial charge on any atom is 0.150 e. The Morgan fingerprint density at radius 3 is 2.60 bits per heavy atom. The third-order valence-electron chi connectivity index (χ3n) is 2.23. The molecule has 78 valence electrons. The minimum absolute atomic E-state index is 0.0688. The van der Waals surface area contributed by atoms with Gasteiger partial charge >= 0.3 is 0 Å². The minimum Gasteiger partial charge on any atom is -0.391 e. The molecular weight excluding hydrogens is 190 g/mol. The number of nitrogens with two attached hydrogens (primary N) is 1. The van der Waals surface area contributed by atoms with Crippen LogP contribution in [0.4, 0.5) is 5.82 Å². The summed E-state index contributed by atoms with van der Waals surface area (Å²) in [5.74, 6) is 0.397. The standard InChI is InChI=1S/C11H13N3O/c12-11-10(8-15)7-14(13-11)6-9-4-2-1-3-5-9/h1-5,7,15H,6,8H2,(H2,12,13). The molecule has 0 radical (unpaired) electrons. The molecule has 0 spiro atoms. The summed E-state index contributed by atoms with van der Waals surface area (Å²) >= 11 is 0. The van der Waals surface area contributed by atoms with E-state index in [2.05, 4.69) is 5.10 Å². The first-order valence-corrected chi connectivity index (χ1v) is 4.76. The van der Waals surface area contributed by atoms with Crippen LogP contribution >= 0.6 is 0 Å². The van der Waals surface area contributed by atoms with E-state index in [1.165, 1.54) is 0 Å². The van der Waals surface area contributed by atoms with Crippen molar-refractivity contribution in [2.45, 2.75) is 13.2 Å². The first-order chi connectivity index (χ1) is 7.29. The van der Waals surface area contributed by atoms with Crippen LogP contribution < -0.4 is 5.73 Å². The van der Waals surface area contributed by atoms with Gasteiger partial charge in [-0.15, -0.1) is 0 Å². The molecule has 0 saturated carbocycles. The minimum atomic E-state index is -0.0688. The molecule has 1 aromatic heterocycles. The Labute approximate surface area is 88.0 Å². The average molecular weight is 203 g/mol. The van der Waals surface area contributed by atoms with E-state index in [1.54, 1.807) is 10.9 Å². The maximum absolute atomic E-state index is 8.96. The molecule has 15 heavy (non-hydrogen) atoms. The van der Waals surface area contributed by atoms with E-state index in [-0.39, 0.29) is 6.61 Å². The Bertz CT molecular complexity index is 436. The van der Waals surface area contributed by atoms with Gasteiger partial charge in [0.15, 0.2) is 5.82 Å². The molecule has 4 heteroatoms. The van der Waals surface area contributed by atoms with E-state index in [0.29, 0.717) is 17.9 Å². The number of aromatic nitrogens is 2. The number of nitrogen functional groups attached to an aromatic ring is 1. The zero-order valence-corrected chi connectivity index (χ0v) is 8.30. The lowest BCUT2D eigenvalue weighted by atomic mass is 10.2. The Kier molecular flexibility index (Phi) is 2.69. The fourth-order valence-electron chi connectivity index (χ4n) is 1.45. The molecule has 1 heterocycles. The Balaban J connectivity index is 2.18. The van der Waals surface area contributed by atoms with Crippen LogP contribution in [0.5, 0.6) is 0 Å². The number of hydrogen-bond donors (Lipinski definition) is 2. The van der Waals surface area contributed by atoms with Crippen molar-refractivity contribution in [3.8, 4) is 0 Å². The molecule has 0 atom stereocenters. The number of aliphatic hydroxyl groups is 1. The second kappa shape index (κ2) is 4.14. The quantitative estimate of drug-likeness (QED) is 0.782. The smallest absolute Gasteiger partial charge is 0.150 e. The van der Waals surface area contributed by atoms with E-state index in [0.717, 1.165) is 5.56 Å². The van der Waals surface area contributed by atoms with Gasteiger partial charge in [0.25, 0.3) is 0 Å². The molecule has 0 aliphatic carbocycles. The molecule has 1 aromatic carbocycles. The molecule has 0 aliphatic heterocycles. The van der Waals surface area contributed by atoms with E-state index in [9.17, 15) is 0 Å². The normalized spacial score (nSPS) is 10.5. The molecule has 4 nitrogen and oxygen atoms in total. The zero-order valence-electron chi connectivity index (χ0n) is 8.30. The van der Waals surface area contributed by atoms with E-state index < -0.39 is 0 Å². The fourth-order valence-corrected chi connectivity index (χ4v) is 1.45. The van der Waals surface area contributed by atoms with Gasteiger partial charge in [0.2, 0.25) is 0 Å². The van der Waals surface area contributed by atoms with Crippen molar-refractivity contribution in [3.05, 3.63) is 47.7 Å². The van der Waals surface area contributed by atoms with Gasteiger partial charge in [-0.3, -0.25) is 4.68 Å². The first kappa shape index (κ1) is 9.73. The van der Waals surface area contributed by atoms with Gasteiger partial charge in [-0.2, -0.15) is 5.10 Å². The largest absolute Gasteiger partial charge is 0.391 e. The zero-order chi connectivity index (χ0) is 10.7. The average Bonchev–Trinajstić information content (AvgIpc) is 2.60. The van der Waals surface area contributed by atoms with Gasteiger partial charge in [0.1, 0.15) is 0 Å². The summed E-state index contributed by atoms with van der Waals surface area (Å²) in [6, 6.07) is 9.98. The van der Waals surface area contributed by atoms with Gasteiger partial charge in [0, 0.05) is 11.8 Å². The summed E-state index contributed by atoms with van der Waals surface area (Å²) < 4.78 is 1.73. The first-order valence-electron chi connectivity index (χ1n) is 4.76. The van der Waals surface area contributed by atoms with Crippen LogP contribution in [0.25, 0.3) is 0 Å². The lowest BCUT2D eigenvalue weighted by molar-refractivity contribution is 0.282. The fraction of sp³-hybridized carbons (Fsp3) is 0.182. The van der Waals surface area contributed by atoms with E-state index in [1.807, 2.05) is 30.3 Å². The summed E-state index contributed by atoms with van der Waals surface area (Å²) in [6.07, 6.45) is 1.77. The molecule has 0 unspecified atom stereocenters. The highest BCUT2D eigenvalue weighted by Crippen LogP contribution is 2.10. The number of rotatable bonds is 3. The molecule has 0 bridgehead atoms. The van der Waals surface area contributed by atoms with Crippen LogP contribution in [0.15, 0.2) is 36.5 Å². The molecule has 0 aliphatic rings. The van der Waals surface area contributed by atoms with Crippen molar-refractivity contribution < 1.29 is 5.11 Å². The van der Waals surface area contributed by atoms with Gasteiger partial charge in [-0.1, -0.05) is 30.3 Å². The molecular formula is C11H13N3O. The number of nitrogens with zero attached hydrogens (tertiary/aromatic N) is 2. The number of anilines is 1. The number of aliphatic hydroxyl groups excluding tert-OH is 1. The topological polar surface area (TPSA) is 64.1 Å².